The average molecular weight is 380 g/mol. The highest BCUT2D eigenvalue weighted by Crippen LogP contribution is 2.55. The molecule has 1 aromatic rings. The van der Waals surface area contributed by atoms with Crippen LogP contribution in [0.2, 0.25) is 5.02 Å². The highest BCUT2D eigenvalue weighted by molar-refractivity contribution is 6.33. The summed E-state index contributed by atoms with van der Waals surface area (Å²) in [6.45, 7) is 1.52. The van der Waals surface area contributed by atoms with E-state index in [-0.39, 0.29) is 22.0 Å². The summed E-state index contributed by atoms with van der Waals surface area (Å²) in [5.74, 6) is 0.134. The summed E-state index contributed by atoms with van der Waals surface area (Å²) in [5.41, 5.74) is -0.481. The van der Waals surface area contributed by atoms with Gasteiger partial charge in [0.2, 0.25) is 0 Å². The van der Waals surface area contributed by atoms with Crippen LogP contribution < -0.4 is 5.32 Å². The quantitative estimate of drug-likeness (QED) is 0.801. The van der Waals surface area contributed by atoms with Gasteiger partial charge in [0.15, 0.2) is 6.10 Å². The van der Waals surface area contributed by atoms with Gasteiger partial charge in [0.05, 0.1) is 5.02 Å². The van der Waals surface area contributed by atoms with Crippen molar-refractivity contribution >= 4 is 23.5 Å². The standard InChI is InChI=1S/C20H23ClFNO3/c1-11(26-19(25)17-15(21)3-2-4-16(17)22)18(24)23-20-8-12-5-13(9-20)7-14(6-12)10-20/h2-4,11-14H,5-10H2,1H3,(H,23,24)/t11-,12?,13?,14?,20?/m1/s1. The van der Waals surface area contributed by atoms with Crippen LogP contribution in [0.15, 0.2) is 18.2 Å². The zero-order chi connectivity index (χ0) is 18.5. The van der Waals surface area contributed by atoms with Gasteiger partial charge in [-0.3, -0.25) is 4.79 Å². The normalized spacial score (nSPS) is 33.0. The molecule has 0 saturated heterocycles. The summed E-state index contributed by atoms with van der Waals surface area (Å²) in [5, 5.41) is 3.14. The Morgan fingerprint density at radius 3 is 2.31 bits per heavy atom. The van der Waals surface area contributed by atoms with Crippen molar-refractivity contribution in [2.45, 2.75) is 57.1 Å². The molecular formula is C20H23ClFNO3. The Balaban J connectivity index is 1.42. The third-order valence-corrected chi connectivity index (χ3v) is 6.56. The van der Waals surface area contributed by atoms with Crippen LogP contribution in [0.5, 0.6) is 0 Å². The molecule has 4 nitrogen and oxygen atoms in total. The number of nitrogens with one attached hydrogen (secondary N) is 1. The van der Waals surface area contributed by atoms with Crippen molar-refractivity contribution < 1.29 is 18.7 Å². The fraction of sp³-hybridized carbons (Fsp3) is 0.600. The zero-order valence-corrected chi connectivity index (χ0v) is 15.5. The Labute approximate surface area is 157 Å². The minimum atomic E-state index is -0.994. The molecule has 5 rings (SSSR count). The number of hydrogen-bond acceptors (Lipinski definition) is 3. The van der Waals surface area contributed by atoms with E-state index in [1.165, 1.54) is 38.3 Å². The van der Waals surface area contributed by atoms with E-state index < -0.39 is 17.9 Å². The van der Waals surface area contributed by atoms with E-state index in [9.17, 15) is 14.0 Å². The van der Waals surface area contributed by atoms with Crippen molar-refractivity contribution in [1.29, 1.82) is 0 Å². The van der Waals surface area contributed by atoms with Crippen molar-refractivity contribution in [2.24, 2.45) is 17.8 Å². The van der Waals surface area contributed by atoms with Gasteiger partial charge < -0.3 is 10.1 Å². The number of carbonyl (C=O) groups is 2. The van der Waals surface area contributed by atoms with Gasteiger partial charge in [-0.05, 0) is 75.3 Å². The van der Waals surface area contributed by atoms with Gasteiger partial charge in [0.25, 0.3) is 5.91 Å². The Kier molecular flexibility index (Phi) is 4.46. The lowest BCUT2D eigenvalue weighted by Crippen LogP contribution is -2.61. The first-order valence-corrected chi connectivity index (χ1v) is 9.70. The van der Waals surface area contributed by atoms with E-state index in [0.717, 1.165) is 25.3 Å². The average Bonchev–Trinajstić information content (AvgIpc) is 2.52. The molecule has 26 heavy (non-hydrogen) atoms. The van der Waals surface area contributed by atoms with Gasteiger partial charge in [0.1, 0.15) is 11.4 Å². The zero-order valence-electron chi connectivity index (χ0n) is 14.8. The maximum Gasteiger partial charge on any atom is 0.343 e. The number of esters is 1. The largest absolute Gasteiger partial charge is 0.449 e. The Hall–Kier alpha value is -1.62. The molecule has 0 spiro atoms. The molecule has 0 unspecified atom stereocenters. The van der Waals surface area contributed by atoms with Gasteiger partial charge >= 0.3 is 5.97 Å². The molecule has 1 atom stereocenters. The lowest BCUT2D eigenvalue weighted by molar-refractivity contribution is -0.134. The number of ether oxygens (including phenoxy) is 1. The molecule has 1 amide bonds. The maximum atomic E-state index is 13.9. The molecule has 4 aliphatic carbocycles. The van der Waals surface area contributed by atoms with Gasteiger partial charge in [-0.2, -0.15) is 0 Å². The molecule has 0 radical (unpaired) electrons. The lowest BCUT2D eigenvalue weighted by Gasteiger charge is -2.57. The van der Waals surface area contributed by atoms with Gasteiger partial charge in [-0.25, -0.2) is 9.18 Å². The summed E-state index contributed by atoms with van der Waals surface area (Å²) in [6.07, 6.45) is 5.91. The second kappa shape index (κ2) is 6.52. The van der Waals surface area contributed by atoms with Crippen LogP contribution in [0.4, 0.5) is 4.39 Å². The molecule has 4 bridgehead atoms. The summed E-state index contributed by atoms with van der Waals surface area (Å²) >= 11 is 5.89. The van der Waals surface area contributed by atoms with E-state index >= 15 is 0 Å². The lowest BCUT2D eigenvalue weighted by atomic mass is 9.53. The van der Waals surface area contributed by atoms with Crippen molar-refractivity contribution in [1.82, 2.24) is 5.32 Å². The van der Waals surface area contributed by atoms with E-state index in [0.29, 0.717) is 17.8 Å². The molecule has 1 N–H and O–H groups in total. The molecule has 0 heterocycles. The molecule has 1 aromatic carbocycles. The summed E-state index contributed by atoms with van der Waals surface area (Å²) in [4.78, 5) is 24.9. The molecule has 4 saturated carbocycles. The van der Waals surface area contributed by atoms with Crippen molar-refractivity contribution in [3.05, 3.63) is 34.6 Å². The Morgan fingerprint density at radius 2 is 1.77 bits per heavy atom. The monoisotopic (exact) mass is 379 g/mol. The minimum Gasteiger partial charge on any atom is -0.449 e. The van der Waals surface area contributed by atoms with Crippen molar-refractivity contribution in [3.8, 4) is 0 Å². The van der Waals surface area contributed by atoms with Crippen LogP contribution in [-0.4, -0.2) is 23.5 Å². The molecular weight excluding hydrogens is 357 g/mol. The molecule has 0 aliphatic heterocycles. The SMILES string of the molecule is C[C@@H](OC(=O)c1c(F)cccc1Cl)C(=O)NC12CC3CC(CC(C3)C1)C2. The number of rotatable bonds is 4. The minimum absolute atomic E-state index is 0.0244. The second-order valence-corrected chi connectivity index (χ2v) is 8.74. The predicted molar refractivity (Wildman–Crippen MR) is 95.3 cm³/mol. The van der Waals surface area contributed by atoms with Crippen LogP contribution in [0.25, 0.3) is 0 Å². The fourth-order valence-corrected chi connectivity index (χ4v) is 5.83. The van der Waals surface area contributed by atoms with Crippen LogP contribution in [0.3, 0.4) is 0 Å². The van der Waals surface area contributed by atoms with E-state index in [4.69, 9.17) is 16.3 Å². The molecule has 140 valence electrons. The number of carbonyl (C=O) groups excluding carboxylic acids is 2. The van der Waals surface area contributed by atoms with Crippen molar-refractivity contribution in [2.75, 3.05) is 0 Å². The second-order valence-electron chi connectivity index (χ2n) is 8.33. The maximum absolute atomic E-state index is 13.9. The van der Waals surface area contributed by atoms with Crippen LogP contribution >= 0.6 is 11.6 Å². The van der Waals surface area contributed by atoms with Gasteiger partial charge in [0, 0.05) is 5.54 Å². The number of amides is 1. The first-order valence-electron chi connectivity index (χ1n) is 9.32. The van der Waals surface area contributed by atoms with Gasteiger partial charge in [-0.15, -0.1) is 0 Å². The Bertz CT molecular complexity index is 695. The van der Waals surface area contributed by atoms with E-state index in [2.05, 4.69) is 5.32 Å². The molecule has 4 aliphatic rings. The first-order chi connectivity index (χ1) is 12.3. The van der Waals surface area contributed by atoms with Crippen LogP contribution in [-0.2, 0) is 9.53 Å². The van der Waals surface area contributed by atoms with Crippen LogP contribution in [0.1, 0.15) is 55.8 Å². The van der Waals surface area contributed by atoms with Crippen LogP contribution in [0, 0.1) is 23.6 Å². The smallest absolute Gasteiger partial charge is 0.343 e. The summed E-state index contributed by atoms with van der Waals surface area (Å²) in [7, 11) is 0. The first kappa shape index (κ1) is 17.8. The highest BCUT2D eigenvalue weighted by atomic mass is 35.5. The molecule has 0 aromatic heterocycles. The number of hydrogen-bond donors (Lipinski definition) is 1. The van der Waals surface area contributed by atoms with Gasteiger partial charge in [-0.1, -0.05) is 17.7 Å². The number of benzene rings is 1. The predicted octanol–water partition coefficient (Wildman–Crippen LogP) is 4.11. The summed E-state index contributed by atoms with van der Waals surface area (Å²) in [6, 6.07) is 3.97. The third-order valence-electron chi connectivity index (χ3n) is 6.25. The molecule has 4 fully saturated rings. The van der Waals surface area contributed by atoms with E-state index in [1.807, 2.05) is 0 Å². The highest BCUT2D eigenvalue weighted by Gasteiger charge is 2.51. The Morgan fingerprint density at radius 1 is 1.19 bits per heavy atom. The molecule has 6 heteroatoms. The number of halogens is 2. The summed E-state index contributed by atoms with van der Waals surface area (Å²) < 4.78 is 19.1. The topological polar surface area (TPSA) is 55.4 Å². The van der Waals surface area contributed by atoms with Crippen molar-refractivity contribution in [3.63, 3.8) is 0 Å². The van der Waals surface area contributed by atoms with E-state index in [1.54, 1.807) is 0 Å². The third kappa shape index (κ3) is 3.22. The fourth-order valence-electron chi connectivity index (χ4n) is 5.59.